The number of phosphoric acid groups is 3. The van der Waals surface area contributed by atoms with Crippen LogP contribution in [0.15, 0.2) is 24.8 Å². The van der Waals surface area contributed by atoms with Crippen LogP contribution in [0.2, 0.25) is 0 Å². The molecular formula is C24H34N7O17P3S-4. The molecule has 1 aliphatic heterocycles. The molecule has 2 amide bonds. The van der Waals surface area contributed by atoms with Crippen molar-refractivity contribution < 1.29 is 80.5 Å². The summed E-state index contributed by atoms with van der Waals surface area (Å²) in [6, 6.07) is 0. The summed E-state index contributed by atoms with van der Waals surface area (Å²) in [6.45, 7) is 5.33. The van der Waals surface area contributed by atoms with E-state index in [0.29, 0.717) is 5.57 Å². The first-order valence-corrected chi connectivity index (χ1v) is 20.0. The van der Waals surface area contributed by atoms with Crippen LogP contribution in [-0.4, -0.2) is 102 Å². The zero-order chi connectivity index (χ0) is 39.2. The van der Waals surface area contributed by atoms with Gasteiger partial charge >= 0.3 is 0 Å². The standard InChI is InChI=1S/C24H38N7O17P3S/c1-12(2)23(36)52-8-7-26-14(32)5-6-27-21(35)18(34)24(3,4)47-51(42,43)48-50(40,41)44-9-13-17(46-49(37,38)39)16(33)22(45-13)31-11-30-15-19(25)28-10-29-20(15)31/h10-11,13,16-18,22,33-34H,1,5-9H2,2-4H3,(H,26,32)(H,27,35)(H,40,41)(H,42,43)(H2,25,28,29)(H2,37,38,39)/p-4/t13?,16?,17?,18-,22?/m0/s1. The van der Waals surface area contributed by atoms with E-state index >= 15 is 0 Å². The van der Waals surface area contributed by atoms with Crippen molar-refractivity contribution in [3.8, 4) is 0 Å². The molecular weight excluding hydrogens is 783 g/mol. The number of nitrogens with one attached hydrogen (secondary N) is 2. The number of nitrogen functional groups attached to an aromatic ring is 1. The van der Waals surface area contributed by atoms with Gasteiger partial charge in [-0.25, -0.2) is 19.3 Å². The first kappa shape index (κ1) is 43.7. The van der Waals surface area contributed by atoms with Gasteiger partial charge in [-0.2, -0.15) is 0 Å². The van der Waals surface area contributed by atoms with E-state index in [1.807, 2.05) is 0 Å². The first-order valence-electron chi connectivity index (χ1n) is 14.6. The average molecular weight is 818 g/mol. The minimum Gasteiger partial charge on any atom is -0.790 e. The van der Waals surface area contributed by atoms with Crippen LogP contribution in [0.3, 0.4) is 0 Å². The topological polar surface area (TPSA) is 375 Å². The van der Waals surface area contributed by atoms with Crippen LogP contribution in [0.4, 0.5) is 5.82 Å². The minimum atomic E-state index is -6.00. The van der Waals surface area contributed by atoms with Gasteiger partial charge in [-0.3, -0.25) is 28.1 Å². The molecule has 6 N–H and O–H groups in total. The molecule has 1 saturated heterocycles. The molecule has 0 aliphatic carbocycles. The number of phosphoric ester groups is 3. The number of nitrogens with two attached hydrogens (primary N) is 1. The Kier molecular flexibility index (Phi) is 14.8. The third-order valence-corrected chi connectivity index (χ3v) is 11.0. The van der Waals surface area contributed by atoms with Crippen molar-refractivity contribution in [1.29, 1.82) is 0 Å². The van der Waals surface area contributed by atoms with Gasteiger partial charge in [0.05, 0.1) is 20.8 Å². The highest BCUT2D eigenvalue weighted by Crippen LogP contribution is 2.58. The van der Waals surface area contributed by atoms with Crippen molar-refractivity contribution in [2.24, 2.45) is 0 Å². The Balaban J connectivity index is 1.56. The summed E-state index contributed by atoms with van der Waals surface area (Å²) < 4.78 is 60.5. The summed E-state index contributed by atoms with van der Waals surface area (Å²) in [6.07, 6.45) is -8.09. The summed E-state index contributed by atoms with van der Waals surface area (Å²) in [4.78, 5) is 95.3. The van der Waals surface area contributed by atoms with Crippen LogP contribution < -0.4 is 35.9 Å². The maximum Gasteiger partial charge on any atom is 0.274 e. The number of thioether (sulfide) groups is 1. The molecule has 24 nitrogen and oxygen atoms in total. The van der Waals surface area contributed by atoms with Crippen molar-refractivity contribution >= 4 is 69.1 Å². The Morgan fingerprint density at radius 1 is 1.13 bits per heavy atom. The molecule has 0 saturated carbocycles. The van der Waals surface area contributed by atoms with E-state index in [9.17, 15) is 57.9 Å². The van der Waals surface area contributed by atoms with Crippen molar-refractivity contribution in [2.45, 2.75) is 63.4 Å². The van der Waals surface area contributed by atoms with Crippen LogP contribution in [-0.2, 0) is 50.7 Å². The van der Waals surface area contributed by atoms with Crippen LogP contribution in [0.5, 0.6) is 0 Å². The van der Waals surface area contributed by atoms with Gasteiger partial charge in [-0.15, -0.1) is 0 Å². The highest BCUT2D eigenvalue weighted by atomic mass is 32.2. The number of carbonyl (C=O) groups excluding carboxylic acids is 3. The van der Waals surface area contributed by atoms with Gasteiger partial charge < -0.3 is 69.0 Å². The molecule has 6 unspecified atom stereocenters. The summed E-state index contributed by atoms with van der Waals surface area (Å²) >= 11 is 0.947. The number of aliphatic hydroxyl groups excluding tert-OH is 2. The van der Waals surface area contributed by atoms with Crippen molar-refractivity contribution in [3.63, 3.8) is 0 Å². The lowest BCUT2D eigenvalue weighted by Gasteiger charge is -2.38. The number of aliphatic hydroxyl groups is 2. The molecule has 28 heteroatoms. The molecule has 3 rings (SSSR count). The predicted octanol–water partition coefficient (Wildman–Crippen LogP) is -3.53. The fraction of sp³-hybridized carbons (Fsp3) is 0.583. The lowest BCUT2D eigenvalue weighted by atomic mass is 10.0. The van der Waals surface area contributed by atoms with Gasteiger partial charge in [-0.1, -0.05) is 18.3 Å². The molecule has 2 aromatic heterocycles. The van der Waals surface area contributed by atoms with Crippen molar-refractivity contribution in [1.82, 2.24) is 30.2 Å². The average Bonchev–Trinajstić information content (AvgIpc) is 3.57. The normalized spacial score (nSPS) is 22.3. The third-order valence-electron chi connectivity index (χ3n) is 6.73. The Bertz CT molecular complexity index is 1790. The predicted molar refractivity (Wildman–Crippen MR) is 168 cm³/mol. The van der Waals surface area contributed by atoms with Gasteiger partial charge in [-0.05, 0) is 26.3 Å². The quantitative estimate of drug-likeness (QED) is 0.0521. The largest absolute Gasteiger partial charge is 0.790 e. The number of hydrogen-bond donors (Lipinski definition) is 5. The Hall–Kier alpha value is -2.70. The Morgan fingerprint density at radius 3 is 2.44 bits per heavy atom. The second kappa shape index (κ2) is 17.6. The number of imidazole rings is 1. The van der Waals surface area contributed by atoms with Gasteiger partial charge in [0.15, 0.2) is 23.8 Å². The number of hydrogen-bond acceptors (Lipinski definition) is 22. The number of aromatic nitrogens is 4. The first-order chi connectivity index (χ1) is 23.9. The number of amides is 2. The van der Waals surface area contributed by atoms with E-state index in [1.54, 1.807) is 0 Å². The second-order valence-electron chi connectivity index (χ2n) is 11.3. The van der Waals surface area contributed by atoms with Crippen LogP contribution in [0.1, 0.15) is 33.4 Å². The van der Waals surface area contributed by atoms with Crippen LogP contribution in [0, 0.1) is 0 Å². The molecule has 0 spiro atoms. The number of fused-ring (bicyclic) bond motifs is 1. The maximum absolute atomic E-state index is 12.5. The highest BCUT2D eigenvalue weighted by molar-refractivity contribution is 8.14. The number of carbonyl (C=O) groups is 3. The summed E-state index contributed by atoms with van der Waals surface area (Å²) in [5.41, 5.74) is 3.70. The zero-order valence-corrected chi connectivity index (χ0v) is 30.9. The smallest absolute Gasteiger partial charge is 0.274 e. The van der Waals surface area contributed by atoms with Crippen LogP contribution in [0.25, 0.3) is 11.2 Å². The molecule has 0 radical (unpaired) electrons. The fourth-order valence-corrected chi connectivity index (χ4v) is 7.84. The van der Waals surface area contributed by atoms with E-state index in [1.165, 1.54) is 6.92 Å². The molecule has 52 heavy (non-hydrogen) atoms. The third kappa shape index (κ3) is 12.4. The van der Waals surface area contributed by atoms with Gasteiger partial charge in [0.25, 0.3) is 21.6 Å². The van der Waals surface area contributed by atoms with E-state index in [0.717, 1.165) is 42.8 Å². The lowest BCUT2D eigenvalue weighted by Crippen LogP contribution is -2.50. The number of ether oxygens (including phenoxy) is 1. The summed E-state index contributed by atoms with van der Waals surface area (Å²) in [5.74, 6) is -1.55. The zero-order valence-electron chi connectivity index (χ0n) is 27.4. The minimum absolute atomic E-state index is 0.0324. The molecule has 1 fully saturated rings. The van der Waals surface area contributed by atoms with Gasteiger partial charge in [0, 0.05) is 25.3 Å². The second-order valence-corrected chi connectivity index (χ2v) is 16.4. The maximum atomic E-state index is 12.5. The van der Waals surface area contributed by atoms with E-state index in [-0.39, 0.29) is 47.4 Å². The molecule has 1 aliphatic rings. The van der Waals surface area contributed by atoms with E-state index < -0.39 is 78.1 Å². The SMILES string of the molecule is C=C(C)C(=O)SCCNC(=O)CCNC(=O)[C@H](O)C(C)(C)OP(=O)([O-])OP(=O)([O-])OCC1OC(n2cnc3c(N)ncnc32)C(O)C1OP(=O)([O-])[O-]. The Labute approximate surface area is 298 Å². The molecule has 292 valence electrons. The molecule has 0 bridgehead atoms. The number of rotatable bonds is 19. The molecule has 0 aromatic carbocycles. The van der Waals surface area contributed by atoms with E-state index in [2.05, 4.69) is 50.0 Å². The molecule has 2 aromatic rings. The molecule has 3 heterocycles. The van der Waals surface area contributed by atoms with Gasteiger partial charge in [0.1, 0.15) is 35.8 Å². The van der Waals surface area contributed by atoms with Crippen molar-refractivity contribution in [3.05, 3.63) is 24.8 Å². The molecule has 7 atom stereocenters. The number of nitrogens with zero attached hydrogens (tertiary/aromatic N) is 4. The fourth-order valence-electron chi connectivity index (χ4n) is 4.34. The van der Waals surface area contributed by atoms with E-state index in [4.69, 9.17) is 10.5 Å². The number of anilines is 1. The summed E-state index contributed by atoms with van der Waals surface area (Å²) in [7, 11) is -17.8. The monoisotopic (exact) mass is 817 g/mol. The highest BCUT2D eigenvalue weighted by Gasteiger charge is 2.47. The lowest BCUT2D eigenvalue weighted by molar-refractivity contribution is -0.347. The Morgan fingerprint density at radius 2 is 1.81 bits per heavy atom. The van der Waals surface area contributed by atoms with Crippen molar-refractivity contribution in [2.75, 3.05) is 31.2 Å². The summed E-state index contributed by atoms with van der Waals surface area (Å²) in [5, 5.41) is 25.6. The van der Waals surface area contributed by atoms with Crippen LogP contribution >= 0.6 is 35.2 Å². The van der Waals surface area contributed by atoms with Gasteiger partial charge in [0.2, 0.25) is 11.0 Å².